The number of hydrogen-bond acceptors (Lipinski definition) is 5. The van der Waals surface area contributed by atoms with E-state index in [1.165, 1.54) is 30.7 Å². The van der Waals surface area contributed by atoms with E-state index >= 15 is 0 Å². The third-order valence-corrected chi connectivity index (χ3v) is 5.00. The summed E-state index contributed by atoms with van der Waals surface area (Å²) in [5.41, 5.74) is 3.68. The summed E-state index contributed by atoms with van der Waals surface area (Å²) >= 11 is 0. The molecule has 0 saturated carbocycles. The zero-order valence-corrected chi connectivity index (χ0v) is 17.6. The Morgan fingerprint density at radius 1 is 1.03 bits per heavy atom. The summed E-state index contributed by atoms with van der Waals surface area (Å²) in [6.07, 6.45) is 3.11. The number of hydrogen-bond donors (Lipinski definition) is 0. The highest BCUT2D eigenvalue weighted by atomic mass is 16.7. The molecule has 0 amide bonds. The molecule has 0 saturated heterocycles. The summed E-state index contributed by atoms with van der Waals surface area (Å²) in [5.74, 6) is 3.35. The van der Waals surface area contributed by atoms with E-state index < -0.39 is 0 Å². The first-order chi connectivity index (χ1) is 14.0. The lowest BCUT2D eigenvalue weighted by atomic mass is 9.95. The van der Waals surface area contributed by atoms with E-state index in [2.05, 4.69) is 35.0 Å². The minimum Gasteiger partial charge on any atom is -0.493 e. The van der Waals surface area contributed by atoms with Crippen molar-refractivity contribution in [3.63, 3.8) is 0 Å². The first-order valence-corrected chi connectivity index (χ1v) is 9.50. The number of nitrogens with zero attached hydrogens (tertiary/aromatic N) is 1. The molecule has 2 N–H and O–H groups in total. The average molecular weight is 412 g/mol. The van der Waals surface area contributed by atoms with Gasteiger partial charge in [0, 0.05) is 12.5 Å². The van der Waals surface area contributed by atoms with Crippen LogP contribution in [-0.2, 0) is 17.8 Å². The monoisotopic (exact) mass is 412 g/mol. The zero-order valence-electron chi connectivity index (χ0n) is 17.6. The molecule has 0 fully saturated rings. The molecule has 0 bridgehead atoms. The van der Waals surface area contributed by atoms with Crippen molar-refractivity contribution in [2.24, 2.45) is 0 Å². The van der Waals surface area contributed by atoms with Gasteiger partial charge in [-0.2, -0.15) is 4.57 Å². The Bertz CT molecular complexity index is 1100. The van der Waals surface area contributed by atoms with E-state index in [4.69, 9.17) is 18.9 Å². The van der Waals surface area contributed by atoms with Crippen molar-refractivity contribution in [3.05, 3.63) is 42.1 Å². The summed E-state index contributed by atoms with van der Waals surface area (Å²) in [4.78, 5) is 9.44. The quantitative estimate of drug-likeness (QED) is 0.604. The van der Waals surface area contributed by atoms with Crippen LogP contribution in [0.3, 0.4) is 0 Å². The van der Waals surface area contributed by atoms with Crippen LogP contribution in [0.4, 0.5) is 0 Å². The SMILES string of the molecule is CC(C)=O.COc1ccc2cc3[n+](cc2c1OC)CCc1cc2c(cc1-3)OCO2.O. The van der Waals surface area contributed by atoms with Crippen molar-refractivity contribution in [3.8, 4) is 34.3 Å². The number of methoxy groups -OCH3 is 2. The van der Waals surface area contributed by atoms with Gasteiger partial charge in [-0.3, -0.25) is 0 Å². The fourth-order valence-electron chi connectivity index (χ4n) is 3.77. The first-order valence-electron chi connectivity index (χ1n) is 9.50. The second-order valence-corrected chi connectivity index (χ2v) is 7.18. The molecule has 1 aromatic heterocycles. The Labute approximate surface area is 175 Å². The maximum Gasteiger partial charge on any atom is 0.231 e. The molecule has 0 spiro atoms. The van der Waals surface area contributed by atoms with Crippen LogP contribution in [0.25, 0.3) is 22.0 Å². The summed E-state index contributed by atoms with van der Waals surface area (Å²) in [6, 6.07) is 10.4. The lowest BCUT2D eigenvalue weighted by Crippen LogP contribution is -2.40. The summed E-state index contributed by atoms with van der Waals surface area (Å²) in [6.45, 7) is 4.27. The fraction of sp³-hybridized carbons (Fsp3) is 0.304. The van der Waals surface area contributed by atoms with Crippen molar-refractivity contribution < 1.29 is 33.8 Å². The molecule has 0 aliphatic carbocycles. The second kappa shape index (κ2) is 8.59. The van der Waals surface area contributed by atoms with Crippen molar-refractivity contribution in [2.45, 2.75) is 26.8 Å². The molecule has 2 aliphatic heterocycles. The van der Waals surface area contributed by atoms with Gasteiger partial charge in [0.2, 0.25) is 12.5 Å². The molecular weight excluding hydrogens is 386 g/mol. The Morgan fingerprint density at radius 3 is 2.40 bits per heavy atom. The molecule has 0 unspecified atom stereocenters. The molecule has 7 heteroatoms. The molecule has 30 heavy (non-hydrogen) atoms. The van der Waals surface area contributed by atoms with Gasteiger partial charge in [-0.15, -0.1) is 0 Å². The number of carbonyl (C=O) groups excluding carboxylic acids is 1. The maximum absolute atomic E-state index is 9.44. The van der Waals surface area contributed by atoms with E-state index in [9.17, 15) is 4.79 Å². The van der Waals surface area contributed by atoms with E-state index in [1.54, 1.807) is 14.2 Å². The molecule has 158 valence electrons. The molecular formula is C23H26NO6+. The van der Waals surface area contributed by atoms with Gasteiger partial charge in [0.1, 0.15) is 5.78 Å². The molecule has 5 rings (SSSR count). The van der Waals surface area contributed by atoms with Crippen LogP contribution < -0.4 is 23.5 Å². The Hall–Kier alpha value is -3.32. The van der Waals surface area contributed by atoms with Crippen LogP contribution in [0.2, 0.25) is 0 Å². The maximum atomic E-state index is 9.44. The summed E-state index contributed by atoms with van der Waals surface area (Å²) in [7, 11) is 3.34. The van der Waals surface area contributed by atoms with Gasteiger partial charge in [0.25, 0.3) is 0 Å². The Balaban J connectivity index is 0.000000473. The predicted molar refractivity (Wildman–Crippen MR) is 112 cm³/mol. The molecule has 3 aromatic rings. The van der Waals surface area contributed by atoms with Gasteiger partial charge in [-0.1, -0.05) is 0 Å². The minimum absolute atomic E-state index is 0. The number of rotatable bonds is 2. The van der Waals surface area contributed by atoms with Crippen LogP contribution in [0.15, 0.2) is 36.5 Å². The van der Waals surface area contributed by atoms with Gasteiger partial charge < -0.3 is 29.2 Å². The standard InChI is InChI=1S/C20H18NO4.C3H6O.H2O/c1-22-17-4-3-12-7-16-14-9-19-18(24-11-25-19)8-13(14)5-6-21(16)10-15(12)20(17)23-2;1-3(2)4;/h3-4,7-10H,5-6,11H2,1-2H3;1-2H3;1H2/q+1;;. The van der Waals surface area contributed by atoms with Crippen molar-refractivity contribution >= 4 is 16.6 Å². The minimum atomic E-state index is 0. The third-order valence-electron chi connectivity index (χ3n) is 5.00. The predicted octanol–water partition coefficient (Wildman–Crippen LogP) is 2.87. The van der Waals surface area contributed by atoms with Crippen LogP contribution in [0.1, 0.15) is 19.4 Å². The van der Waals surface area contributed by atoms with Crippen molar-refractivity contribution in [1.82, 2.24) is 0 Å². The summed E-state index contributed by atoms with van der Waals surface area (Å²) in [5, 5.41) is 2.17. The highest BCUT2D eigenvalue weighted by Crippen LogP contribution is 2.41. The van der Waals surface area contributed by atoms with Crippen LogP contribution in [0, 0.1) is 0 Å². The fourth-order valence-corrected chi connectivity index (χ4v) is 3.77. The molecule has 2 aliphatic rings. The smallest absolute Gasteiger partial charge is 0.231 e. The number of carbonyl (C=O) groups is 1. The number of aryl methyl sites for hydroxylation is 2. The highest BCUT2D eigenvalue weighted by molar-refractivity contribution is 5.91. The van der Waals surface area contributed by atoms with Gasteiger partial charge >= 0.3 is 0 Å². The second-order valence-electron chi connectivity index (χ2n) is 7.18. The highest BCUT2D eigenvalue weighted by Gasteiger charge is 2.28. The van der Waals surface area contributed by atoms with Crippen molar-refractivity contribution in [1.29, 1.82) is 0 Å². The van der Waals surface area contributed by atoms with Crippen LogP contribution in [-0.4, -0.2) is 32.3 Å². The Kier molecular flexibility index (Phi) is 6.12. The summed E-state index contributed by atoms with van der Waals surface area (Å²) < 4.78 is 24.4. The van der Waals surface area contributed by atoms with Crippen LogP contribution in [0.5, 0.6) is 23.0 Å². The third kappa shape index (κ3) is 3.76. The molecule has 2 aromatic carbocycles. The molecule has 3 heterocycles. The lowest BCUT2D eigenvalue weighted by Gasteiger charge is -2.17. The van der Waals surface area contributed by atoms with Gasteiger partial charge in [-0.25, -0.2) is 0 Å². The molecule has 7 nitrogen and oxygen atoms in total. The van der Waals surface area contributed by atoms with E-state index in [-0.39, 0.29) is 11.3 Å². The number of Topliss-reactive ketones (excluding diaryl/α,β-unsaturated/α-hetero) is 1. The topological polar surface area (TPSA) is 89.4 Å². The number of ketones is 1. The first kappa shape index (κ1) is 21.4. The number of aromatic nitrogens is 1. The van der Waals surface area contributed by atoms with Gasteiger partial charge in [0.15, 0.2) is 35.7 Å². The largest absolute Gasteiger partial charge is 0.493 e. The average Bonchev–Trinajstić information content (AvgIpc) is 3.16. The zero-order chi connectivity index (χ0) is 20.5. The number of fused-ring (bicyclic) bond motifs is 5. The Morgan fingerprint density at radius 2 is 1.73 bits per heavy atom. The number of pyridine rings is 1. The normalized spacial score (nSPS) is 12.7. The molecule has 0 atom stereocenters. The van der Waals surface area contributed by atoms with E-state index in [0.29, 0.717) is 6.79 Å². The number of benzene rings is 2. The van der Waals surface area contributed by atoms with E-state index in [0.717, 1.165) is 46.7 Å². The van der Waals surface area contributed by atoms with E-state index in [1.807, 2.05) is 6.07 Å². The van der Waals surface area contributed by atoms with Crippen LogP contribution >= 0.6 is 0 Å². The van der Waals surface area contributed by atoms with Gasteiger partial charge in [-0.05, 0) is 49.1 Å². The lowest BCUT2D eigenvalue weighted by molar-refractivity contribution is -0.686. The molecule has 0 radical (unpaired) electrons. The number of ether oxygens (including phenoxy) is 4. The van der Waals surface area contributed by atoms with Gasteiger partial charge in [0.05, 0.1) is 25.2 Å². The van der Waals surface area contributed by atoms with Crippen molar-refractivity contribution in [2.75, 3.05) is 21.0 Å².